The second kappa shape index (κ2) is 4.82. The Bertz CT molecular complexity index is 338. The molecule has 0 radical (unpaired) electrons. The van der Waals surface area contributed by atoms with Gasteiger partial charge in [-0.15, -0.1) is 11.3 Å². The van der Waals surface area contributed by atoms with Crippen molar-refractivity contribution in [1.29, 1.82) is 0 Å². The summed E-state index contributed by atoms with van der Waals surface area (Å²) in [5.74, 6) is 0. The van der Waals surface area contributed by atoms with E-state index in [1.165, 1.54) is 23.4 Å². The molecule has 1 aliphatic carbocycles. The van der Waals surface area contributed by atoms with Crippen LogP contribution in [-0.4, -0.2) is 22.2 Å². The zero-order chi connectivity index (χ0) is 11.6. The molecule has 0 aliphatic heterocycles. The summed E-state index contributed by atoms with van der Waals surface area (Å²) in [5.41, 5.74) is 0.712. The number of hydrogen-bond acceptors (Lipinski definition) is 4. The highest BCUT2D eigenvalue weighted by molar-refractivity contribution is 7.11. The first-order valence-corrected chi connectivity index (χ1v) is 6.83. The lowest BCUT2D eigenvalue weighted by molar-refractivity contribution is 0.0555. The summed E-state index contributed by atoms with van der Waals surface area (Å²) in [6, 6.07) is 0. The first-order valence-electron chi connectivity index (χ1n) is 6.01. The van der Waals surface area contributed by atoms with Gasteiger partial charge in [-0.25, -0.2) is 4.98 Å². The fraction of sp³-hybridized carbons (Fsp3) is 0.750. The van der Waals surface area contributed by atoms with E-state index in [1.54, 1.807) is 0 Å². The number of aliphatic hydroxyl groups is 1. The maximum absolute atomic E-state index is 9.84. The Morgan fingerprint density at radius 2 is 2.31 bits per heavy atom. The Balaban J connectivity index is 1.82. The molecule has 0 spiro atoms. The lowest BCUT2D eigenvalue weighted by atomic mass is 10.0. The van der Waals surface area contributed by atoms with Gasteiger partial charge in [0.05, 0.1) is 11.3 Å². The van der Waals surface area contributed by atoms with Crippen LogP contribution in [0.3, 0.4) is 0 Å². The van der Waals surface area contributed by atoms with E-state index in [0.717, 1.165) is 24.4 Å². The van der Waals surface area contributed by atoms with Gasteiger partial charge in [0.25, 0.3) is 0 Å². The van der Waals surface area contributed by atoms with Crippen molar-refractivity contribution < 1.29 is 5.11 Å². The molecule has 2 N–H and O–H groups in total. The number of thiazole rings is 1. The summed E-state index contributed by atoms with van der Waals surface area (Å²) >= 11 is 1.82. The largest absolute Gasteiger partial charge is 0.389 e. The van der Waals surface area contributed by atoms with Gasteiger partial charge in [-0.1, -0.05) is 6.92 Å². The predicted octanol–water partition coefficient (Wildman–Crippen LogP) is 1.88. The predicted molar refractivity (Wildman–Crippen MR) is 66.8 cm³/mol. The maximum Gasteiger partial charge on any atom is 0.107 e. The first-order chi connectivity index (χ1) is 7.61. The molecule has 1 aromatic heterocycles. The highest BCUT2D eigenvalue weighted by Crippen LogP contribution is 2.27. The SMILES string of the molecule is CCC(C)(O)CNCc1nc2c(s1)CCC2. The second-order valence-electron chi connectivity index (χ2n) is 4.79. The smallest absolute Gasteiger partial charge is 0.107 e. The van der Waals surface area contributed by atoms with Gasteiger partial charge in [0.15, 0.2) is 0 Å². The second-order valence-corrected chi connectivity index (χ2v) is 5.95. The molecule has 0 amide bonds. The van der Waals surface area contributed by atoms with Crippen LogP contribution in [0, 0.1) is 0 Å². The third-order valence-electron chi connectivity index (χ3n) is 3.18. The third kappa shape index (κ3) is 2.81. The number of aryl methyl sites for hydroxylation is 2. The summed E-state index contributed by atoms with van der Waals surface area (Å²) in [6.07, 6.45) is 4.40. The lowest BCUT2D eigenvalue weighted by Gasteiger charge is -2.21. The maximum atomic E-state index is 9.84. The Morgan fingerprint density at radius 3 is 3.00 bits per heavy atom. The highest BCUT2D eigenvalue weighted by atomic mass is 32.1. The van der Waals surface area contributed by atoms with Crippen molar-refractivity contribution in [3.8, 4) is 0 Å². The zero-order valence-corrected chi connectivity index (χ0v) is 10.9. The Morgan fingerprint density at radius 1 is 1.50 bits per heavy atom. The number of hydrogen-bond donors (Lipinski definition) is 2. The number of nitrogens with zero attached hydrogens (tertiary/aromatic N) is 1. The van der Waals surface area contributed by atoms with Crippen molar-refractivity contribution in [2.75, 3.05) is 6.54 Å². The van der Waals surface area contributed by atoms with Crippen LogP contribution in [0.25, 0.3) is 0 Å². The van der Waals surface area contributed by atoms with E-state index in [0.29, 0.717) is 6.54 Å². The molecule has 0 saturated heterocycles. The average molecular weight is 240 g/mol. The van der Waals surface area contributed by atoms with Gasteiger partial charge in [0.2, 0.25) is 0 Å². The van der Waals surface area contributed by atoms with Crippen molar-refractivity contribution in [3.05, 3.63) is 15.6 Å². The third-order valence-corrected chi connectivity index (χ3v) is 4.34. The van der Waals surface area contributed by atoms with Crippen molar-refractivity contribution in [3.63, 3.8) is 0 Å². The molecule has 1 unspecified atom stereocenters. The molecule has 0 saturated carbocycles. The van der Waals surface area contributed by atoms with Crippen LogP contribution in [0.1, 0.15) is 42.3 Å². The van der Waals surface area contributed by atoms with E-state index in [9.17, 15) is 5.11 Å². The molecule has 1 heterocycles. The van der Waals surface area contributed by atoms with Gasteiger partial charge >= 0.3 is 0 Å². The molecule has 2 rings (SSSR count). The van der Waals surface area contributed by atoms with E-state index in [2.05, 4.69) is 10.3 Å². The van der Waals surface area contributed by atoms with Gasteiger partial charge in [-0.05, 0) is 32.6 Å². The van der Waals surface area contributed by atoms with E-state index in [4.69, 9.17) is 0 Å². The van der Waals surface area contributed by atoms with Gasteiger partial charge < -0.3 is 10.4 Å². The lowest BCUT2D eigenvalue weighted by Crippen LogP contribution is -2.36. The van der Waals surface area contributed by atoms with Crippen molar-refractivity contribution in [2.45, 2.75) is 51.7 Å². The highest BCUT2D eigenvalue weighted by Gasteiger charge is 2.18. The Labute approximate surface area is 101 Å². The molecular weight excluding hydrogens is 220 g/mol. The molecule has 90 valence electrons. The van der Waals surface area contributed by atoms with Crippen LogP contribution >= 0.6 is 11.3 Å². The summed E-state index contributed by atoms with van der Waals surface area (Å²) in [7, 11) is 0. The van der Waals surface area contributed by atoms with E-state index >= 15 is 0 Å². The quantitative estimate of drug-likeness (QED) is 0.826. The average Bonchev–Trinajstić information content (AvgIpc) is 2.77. The van der Waals surface area contributed by atoms with Gasteiger partial charge in [0, 0.05) is 18.0 Å². The fourth-order valence-electron chi connectivity index (χ4n) is 1.88. The summed E-state index contributed by atoms with van der Waals surface area (Å²) < 4.78 is 0. The number of nitrogens with one attached hydrogen (secondary N) is 1. The topological polar surface area (TPSA) is 45.1 Å². The monoisotopic (exact) mass is 240 g/mol. The van der Waals surface area contributed by atoms with Crippen LogP contribution in [0.2, 0.25) is 0 Å². The van der Waals surface area contributed by atoms with E-state index < -0.39 is 5.60 Å². The van der Waals surface area contributed by atoms with Crippen LogP contribution in [0.15, 0.2) is 0 Å². The molecular formula is C12H20N2OS. The minimum Gasteiger partial charge on any atom is -0.389 e. The molecule has 0 aromatic carbocycles. The fourth-order valence-corrected chi connectivity index (χ4v) is 3.01. The Kier molecular flexibility index (Phi) is 3.62. The van der Waals surface area contributed by atoms with Gasteiger partial charge in [0.1, 0.15) is 5.01 Å². The van der Waals surface area contributed by atoms with Crippen LogP contribution in [0.5, 0.6) is 0 Å². The van der Waals surface area contributed by atoms with Crippen LogP contribution in [-0.2, 0) is 19.4 Å². The standard InChI is InChI=1S/C12H20N2OS/c1-3-12(2,15)8-13-7-11-14-9-5-4-6-10(9)16-11/h13,15H,3-8H2,1-2H3. The minimum atomic E-state index is -0.597. The Hall–Kier alpha value is -0.450. The van der Waals surface area contributed by atoms with Gasteiger partial charge in [-0.2, -0.15) is 0 Å². The zero-order valence-electron chi connectivity index (χ0n) is 10.0. The van der Waals surface area contributed by atoms with Gasteiger partial charge in [-0.3, -0.25) is 0 Å². The molecule has 0 bridgehead atoms. The first kappa shape index (κ1) is 12.0. The number of fused-ring (bicyclic) bond motifs is 1. The van der Waals surface area contributed by atoms with E-state index in [-0.39, 0.29) is 0 Å². The molecule has 4 heteroatoms. The molecule has 1 atom stereocenters. The van der Waals surface area contributed by atoms with E-state index in [1.807, 2.05) is 25.2 Å². The van der Waals surface area contributed by atoms with Crippen molar-refractivity contribution in [2.24, 2.45) is 0 Å². The van der Waals surface area contributed by atoms with Crippen molar-refractivity contribution in [1.82, 2.24) is 10.3 Å². The summed E-state index contributed by atoms with van der Waals surface area (Å²) in [6.45, 7) is 5.28. The minimum absolute atomic E-state index is 0.597. The normalized spacial score (nSPS) is 18.4. The molecule has 1 aliphatic rings. The number of rotatable bonds is 5. The van der Waals surface area contributed by atoms with Crippen LogP contribution < -0.4 is 5.32 Å². The summed E-state index contributed by atoms with van der Waals surface area (Å²) in [4.78, 5) is 6.08. The van der Waals surface area contributed by atoms with Crippen molar-refractivity contribution >= 4 is 11.3 Å². The molecule has 1 aromatic rings. The van der Waals surface area contributed by atoms with Crippen LogP contribution in [0.4, 0.5) is 0 Å². The molecule has 3 nitrogen and oxygen atoms in total. The molecule has 16 heavy (non-hydrogen) atoms. The summed E-state index contributed by atoms with van der Waals surface area (Å²) in [5, 5.41) is 14.3. The molecule has 0 fully saturated rings. The number of aromatic nitrogens is 1.